The zero-order valence-electron chi connectivity index (χ0n) is 4.96. The summed E-state index contributed by atoms with van der Waals surface area (Å²) in [6.07, 6.45) is -0.898. The van der Waals surface area contributed by atoms with Gasteiger partial charge in [0.05, 0.1) is 0 Å². The van der Waals surface area contributed by atoms with E-state index >= 15 is 0 Å². The van der Waals surface area contributed by atoms with Crippen LogP contribution in [0.4, 0.5) is 8.78 Å². The Morgan fingerprint density at radius 1 is 1.50 bits per heavy atom. The summed E-state index contributed by atoms with van der Waals surface area (Å²) in [5, 5.41) is 0. The highest BCUT2D eigenvalue weighted by Gasteiger charge is 2.42. The van der Waals surface area contributed by atoms with Crippen molar-refractivity contribution in [3.8, 4) is 0 Å². The number of hydrogen-bond acceptors (Lipinski definition) is 0. The lowest BCUT2D eigenvalue weighted by molar-refractivity contribution is 0.412. The molecule has 0 atom stereocenters. The Morgan fingerprint density at radius 2 is 1.88 bits per heavy atom. The van der Waals surface area contributed by atoms with E-state index in [-0.39, 0.29) is 5.41 Å². The Labute approximate surface area is 47.2 Å². The molecule has 0 N–H and O–H groups in total. The van der Waals surface area contributed by atoms with Gasteiger partial charge in [-0.25, -0.2) is 0 Å². The summed E-state index contributed by atoms with van der Waals surface area (Å²) in [5.41, 5.74) is 0.149. The third kappa shape index (κ3) is 0.746. The summed E-state index contributed by atoms with van der Waals surface area (Å²) >= 11 is 0. The van der Waals surface area contributed by atoms with Crippen LogP contribution in [0.1, 0.15) is 20.3 Å². The lowest BCUT2D eigenvalue weighted by Gasteiger charge is -1.89. The van der Waals surface area contributed by atoms with Crippen LogP contribution in [0.2, 0.25) is 0 Å². The van der Waals surface area contributed by atoms with Gasteiger partial charge in [-0.15, -0.1) is 0 Å². The van der Waals surface area contributed by atoms with Gasteiger partial charge in [0.2, 0.25) is 0 Å². The molecule has 1 aliphatic rings. The maximum Gasteiger partial charge on any atom is 0.270 e. The molecule has 1 rings (SSSR count). The minimum atomic E-state index is -1.48. The Kier molecular flexibility index (Phi) is 0.934. The third-order valence-corrected chi connectivity index (χ3v) is 1.54. The first-order valence-electron chi connectivity index (χ1n) is 2.59. The van der Waals surface area contributed by atoms with E-state index in [1.807, 2.05) is 13.8 Å². The van der Waals surface area contributed by atoms with E-state index in [0.717, 1.165) is 0 Å². The molecule has 8 heavy (non-hydrogen) atoms. The molecule has 1 saturated carbocycles. The molecule has 0 amide bonds. The monoisotopic (exact) mass is 118 g/mol. The van der Waals surface area contributed by atoms with Gasteiger partial charge in [-0.2, -0.15) is 8.78 Å². The normalized spacial score (nSPS) is 23.2. The second-order valence-electron chi connectivity index (χ2n) is 2.80. The molecule has 0 aliphatic heterocycles. The molecule has 1 aliphatic carbocycles. The smallest absolute Gasteiger partial charge is 0.173 e. The predicted molar refractivity (Wildman–Crippen MR) is 27.6 cm³/mol. The van der Waals surface area contributed by atoms with E-state index in [0.29, 0.717) is 12.0 Å². The summed E-state index contributed by atoms with van der Waals surface area (Å²) in [4.78, 5) is 0. The van der Waals surface area contributed by atoms with Crippen LogP contribution in [0.3, 0.4) is 0 Å². The highest BCUT2D eigenvalue weighted by Crippen LogP contribution is 2.53. The lowest BCUT2D eigenvalue weighted by atomic mass is 10.2. The molecular weight excluding hydrogens is 110 g/mol. The average Bonchev–Trinajstić information content (AvgIpc) is 2.13. The Hall–Kier alpha value is -0.400. The highest BCUT2D eigenvalue weighted by molar-refractivity contribution is 5.29. The maximum atomic E-state index is 11.6. The van der Waals surface area contributed by atoms with Crippen molar-refractivity contribution in [2.24, 2.45) is 5.41 Å². The molecule has 0 nitrogen and oxygen atoms in total. The van der Waals surface area contributed by atoms with E-state index in [1.165, 1.54) is 0 Å². The first-order chi connectivity index (χ1) is 3.54. The second kappa shape index (κ2) is 1.30. The van der Waals surface area contributed by atoms with Crippen LogP contribution < -0.4 is 0 Å². The summed E-state index contributed by atoms with van der Waals surface area (Å²) in [6, 6.07) is 0. The van der Waals surface area contributed by atoms with Gasteiger partial charge in [0, 0.05) is 5.57 Å². The van der Waals surface area contributed by atoms with Crippen molar-refractivity contribution in [3.05, 3.63) is 11.7 Å². The molecule has 46 valence electrons. The van der Waals surface area contributed by atoms with E-state index in [2.05, 4.69) is 0 Å². The molecule has 0 aromatic rings. The van der Waals surface area contributed by atoms with E-state index in [9.17, 15) is 8.78 Å². The third-order valence-electron chi connectivity index (χ3n) is 1.54. The quantitative estimate of drug-likeness (QED) is 0.458. The van der Waals surface area contributed by atoms with Crippen LogP contribution in [-0.4, -0.2) is 0 Å². The van der Waals surface area contributed by atoms with Crippen LogP contribution in [-0.2, 0) is 0 Å². The summed E-state index contributed by atoms with van der Waals surface area (Å²) in [5.74, 6) is 0. The first-order valence-corrected chi connectivity index (χ1v) is 2.59. The van der Waals surface area contributed by atoms with Gasteiger partial charge in [0.15, 0.2) is 0 Å². The minimum Gasteiger partial charge on any atom is -0.173 e. The highest BCUT2D eigenvalue weighted by atomic mass is 19.3. The number of hydrogen-bond donors (Lipinski definition) is 0. The van der Waals surface area contributed by atoms with Crippen molar-refractivity contribution in [1.82, 2.24) is 0 Å². The number of allylic oxidation sites excluding steroid dienone is 1. The molecule has 2 heteroatoms. The van der Waals surface area contributed by atoms with E-state index in [4.69, 9.17) is 0 Å². The van der Waals surface area contributed by atoms with Crippen molar-refractivity contribution < 1.29 is 8.78 Å². The van der Waals surface area contributed by atoms with Gasteiger partial charge < -0.3 is 0 Å². The van der Waals surface area contributed by atoms with Crippen LogP contribution in [0, 0.1) is 5.41 Å². The largest absolute Gasteiger partial charge is 0.270 e. The van der Waals surface area contributed by atoms with Crippen molar-refractivity contribution in [2.75, 3.05) is 0 Å². The van der Waals surface area contributed by atoms with Crippen molar-refractivity contribution in [1.29, 1.82) is 0 Å². The fraction of sp³-hybridized carbons (Fsp3) is 0.667. The summed E-state index contributed by atoms with van der Waals surface area (Å²) in [6.45, 7) is 3.64. The SMILES string of the molecule is CC1(C)CC1=C(F)F. The van der Waals surface area contributed by atoms with Gasteiger partial charge in [0.25, 0.3) is 6.08 Å². The van der Waals surface area contributed by atoms with Crippen molar-refractivity contribution >= 4 is 0 Å². The van der Waals surface area contributed by atoms with Crippen molar-refractivity contribution in [2.45, 2.75) is 20.3 Å². The van der Waals surface area contributed by atoms with Gasteiger partial charge >= 0.3 is 0 Å². The molecule has 0 aromatic heterocycles. The standard InChI is InChI=1S/C6H8F2/c1-6(2)3-4(6)5(7)8/h3H2,1-2H3. The maximum absolute atomic E-state index is 11.6. The Balaban J connectivity index is 2.73. The van der Waals surface area contributed by atoms with Crippen LogP contribution in [0.5, 0.6) is 0 Å². The van der Waals surface area contributed by atoms with Gasteiger partial charge in [-0.05, 0) is 11.8 Å². The molecule has 0 unspecified atom stereocenters. The van der Waals surface area contributed by atoms with E-state index in [1.54, 1.807) is 0 Å². The molecule has 0 aromatic carbocycles. The minimum absolute atomic E-state index is 0.182. The fourth-order valence-electron chi connectivity index (χ4n) is 0.720. The zero-order valence-corrected chi connectivity index (χ0v) is 4.96. The zero-order chi connectivity index (χ0) is 6.36. The topological polar surface area (TPSA) is 0 Å². The molecule has 0 saturated heterocycles. The molecule has 0 radical (unpaired) electrons. The Bertz CT molecular complexity index is 141. The van der Waals surface area contributed by atoms with Gasteiger partial charge in [-0.3, -0.25) is 0 Å². The molecule has 0 heterocycles. The van der Waals surface area contributed by atoms with Gasteiger partial charge in [-0.1, -0.05) is 13.8 Å². The van der Waals surface area contributed by atoms with Crippen LogP contribution >= 0.6 is 0 Å². The number of halogens is 2. The Morgan fingerprint density at radius 3 is 1.88 bits per heavy atom. The fourth-order valence-corrected chi connectivity index (χ4v) is 0.720. The summed E-state index contributed by atoms with van der Waals surface area (Å²) < 4.78 is 23.2. The average molecular weight is 118 g/mol. The lowest BCUT2D eigenvalue weighted by Crippen LogP contribution is -1.79. The molecule has 0 bridgehead atoms. The van der Waals surface area contributed by atoms with Crippen molar-refractivity contribution in [3.63, 3.8) is 0 Å². The molecule has 0 spiro atoms. The van der Waals surface area contributed by atoms with Gasteiger partial charge in [0.1, 0.15) is 0 Å². The predicted octanol–water partition coefficient (Wildman–Crippen LogP) is 2.57. The molecule has 1 fully saturated rings. The molecular formula is C6H8F2. The van der Waals surface area contributed by atoms with Crippen LogP contribution in [0.25, 0.3) is 0 Å². The first kappa shape index (κ1) is 5.73. The number of rotatable bonds is 0. The summed E-state index contributed by atoms with van der Waals surface area (Å²) in [7, 11) is 0. The van der Waals surface area contributed by atoms with E-state index < -0.39 is 6.08 Å². The van der Waals surface area contributed by atoms with Crippen LogP contribution in [0.15, 0.2) is 11.7 Å². The second-order valence-corrected chi connectivity index (χ2v) is 2.80.